The Hall–Kier alpha value is -1.10. The molecule has 15 heavy (non-hydrogen) atoms. The minimum atomic E-state index is -0.00947. The summed E-state index contributed by atoms with van der Waals surface area (Å²) in [6.07, 6.45) is 0.144. The first kappa shape index (κ1) is 12.0. The van der Waals surface area contributed by atoms with E-state index in [0.29, 0.717) is 24.9 Å². The number of likely N-dealkylation sites (N-methyl/N-ethyl adjacent to an activating group) is 1. The van der Waals surface area contributed by atoms with E-state index in [1.165, 1.54) is 0 Å². The van der Waals surface area contributed by atoms with Gasteiger partial charge < -0.3 is 9.32 Å². The van der Waals surface area contributed by atoms with Crippen LogP contribution >= 0.6 is 11.6 Å². The summed E-state index contributed by atoms with van der Waals surface area (Å²) in [5, 5.41) is 7.41. The van der Waals surface area contributed by atoms with E-state index in [4.69, 9.17) is 16.0 Å². The lowest BCUT2D eigenvalue weighted by molar-refractivity contribution is -0.130. The highest BCUT2D eigenvalue weighted by molar-refractivity contribution is 6.16. The van der Waals surface area contributed by atoms with Crippen molar-refractivity contribution in [2.24, 2.45) is 0 Å². The van der Waals surface area contributed by atoms with Crippen LogP contribution in [-0.4, -0.2) is 34.1 Å². The number of carbonyl (C=O) groups excluding carboxylic acids is 1. The fraction of sp³-hybridized carbons (Fsp3) is 0.667. The first-order chi connectivity index (χ1) is 7.21. The zero-order chi connectivity index (χ0) is 11.3. The predicted molar refractivity (Wildman–Crippen MR) is 55.5 cm³/mol. The van der Waals surface area contributed by atoms with E-state index in [1.54, 1.807) is 4.90 Å². The van der Waals surface area contributed by atoms with Gasteiger partial charge in [0.2, 0.25) is 17.7 Å². The van der Waals surface area contributed by atoms with Crippen molar-refractivity contribution in [3.8, 4) is 0 Å². The van der Waals surface area contributed by atoms with Crippen LogP contribution in [0.15, 0.2) is 4.42 Å². The number of amides is 1. The molecule has 0 aliphatic heterocycles. The maximum absolute atomic E-state index is 11.6. The summed E-state index contributed by atoms with van der Waals surface area (Å²) in [6, 6.07) is 0. The minimum absolute atomic E-state index is 0.00947. The molecule has 0 aromatic carbocycles. The number of halogens is 1. The topological polar surface area (TPSA) is 59.2 Å². The van der Waals surface area contributed by atoms with Crippen molar-refractivity contribution >= 4 is 17.5 Å². The number of carbonyl (C=O) groups is 1. The zero-order valence-corrected chi connectivity index (χ0v) is 9.62. The smallest absolute Gasteiger partial charge is 0.231 e. The van der Waals surface area contributed by atoms with E-state index >= 15 is 0 Å². The first-order valence-corrected chi connectivity index (χ1v) is 5.39. The fourth-order valence-corrected chi connectivity index (χ4v) is 1.34. The summed E-state index contributed by atoms with van der Waals surface area (Å²) in [4.78, 5) is 13.4. The number of nitrogens with zero attached hydrogens (tertiary/aromatic N) is 3. The monoisotopic (exact) mass is 231 g/mol. The van der Waals surface area contributed by atoms with Crippen LogP contribution in [0.25, 0.3) is 0 Å². The molecule has 0 bridgehead atoms. The summed E-state index contributed by atoms with van der Waals surface area (Å²) >= 11 is 5.50. The van der Waals surface area contributed by atoms with Crippen LogP contribution in [0.4, 0.5) is 0 Å². The van der Waals surface area contributed by atoms with Crippen LogP contribution in [0.3, 0.4) is 0 Å². The van der Waals surface area contributed by atoms with Gasteiger partial charge in [0, 0.05) is 13.1 Å². The van der Waals surface area contributed by atoms with Crippen molar-refractivity contribution < 1.29 is 9.21 Å². The van der Waals surface area contributed by atoms with Crippen molar-refractivity contribution in [2.45, 2.75) is 26.1 Å². The molecule has 1 aromatic heterocycles. The molecule has 0 unspecified atom stereocenters. The number of hydrogen-bond donors (Lipinski definition) is 0. The molecule has 0 N–H and O–H groups in total. The van der Waals surface area contributed by atoms with Crippen molar-refractivity contribution in [3.63, 3.8) is 0 Å². The molecule has 0 saturated carbocycles. The molecule has 5 nitrogen and oxygen atoms in total. The van der Waals surface area contributed by atoms with Gasteiger partial charge in [0.1, 0.15) is 12.3 Å². The largest absolute Gasteiger partial charge is 0.423 e. The van der Waals surface area contributed by atoms with E-state index < -0.39 is 0 Å². The molecule has 0 aliphatic rings. The lowest BCUT2D eigenvalue weighted by Crippen LogP contribution is -2.31. The molecular weight excluding hydrogens is 218 g/mol. The van der Waals surface area contributed by atoms with E-state index in [2.05, 4.69) is 10.2 Å². The lowest BCUT2D eigenvalue weighted by atomic mass is 10.3. The molecule has 0 fully saturated rings. The summed E-state index contributed by atoms with van der Waals surface area (Å²) in [6.45, 7) is 5.23. The van der Waals surface area contributed by atoms with E-state index in [1.807, 2.05) is 13.8 Å². The minimum Gasteiger partial charge on any atom is -0.423 e. The number of hydrogen-bond acceptors (Lipinski definition) is 4. The molecule has 0 atom stereocenters. The first-order valence-electron chi connectivity index (χ1n) is 4.86. The Labute approximate surface area is 93.4 Å². The van der Waals surface area contributed by atoms with Gasteiger partial charge in [-0.05, 0) is 13.8 Å². The third-order valence-corrected chi connectivity index (χ3v) is 2.27. The lowest BCUT2D eigenvalue weighted by Gasteiger charge is -2.17. The van der Waals surface area contributed by atoms with Crippen LogP contribution in [0, 0.1) is 0 Å². The Morgan fingerprint density at radius 1 is 1.33 bits per heavy atom. The second-order valence-corrected chi connectivity index (χ2v) is 3.23. The number of alkyl halides is 1. The maximum Gasteiger partial charge on any atom is 0.231 e. The van der Waals surface area contributed by atoms with Crippen molar-refractivity contribution in [1.82, 2.24) is 15.1 Å². The van der Waals surface area contributed by atoms with Gasteiger partial charge in [-0.25, -0.2) is 0 Å². The molecule has 1 aromatic rings. The normalized spacial score (nSPS) is 10.3. The van der Waals surface area contributed by atoms with Crippen molar-refractivity contribution in [1.29, 1.82) is 0 Å². The Morgan fingerprint density at radius 3 is 2.40 bits per heavy atom. The van der Waals surface area contributed by atoms with Crippen molar-refractivity contribution in [3.05, 3.63) is 11.8 Å². The highest BCUT2D eigenvalue weighted by Crippen LogP contribution is 2.05. The summed E-state index contributed by atoms with van der Waals surface area (Å²) in [5.74, 6) is 0.832. The molecule has 0 saturated heterocycles. The number of aromatic nitrogens is 2. The molecule has 1 amide bonds. The summed E-state index contributed by atoms with van der Waals surface area (Å²) in [5.41, 5.74) is 0. The Kier molecular flexibility index (Phi) is 4.55. The maximum atomic E-state index is 11.6. The van der Waals surface area contributed by atoms with Crippen LogP contribution in [0.1, 0.15) is 25.6 Å². The average Bonchev–Trinajstić information content (AvgIpc) is 2.67. The van der Waals surface area contributed by atoms with Crippen LogP contribution in [0.5, 0.6) is 0 Å². The third-order valence-electron chi connectivity index (χ3n) is 2.04. The van der Waals surface area contributed by atoms with Crippen LogP contribution < -0.4 is 0 Å². The predicted octanol–water partition coefficient (Wildman–Crippen LogP) is 1.22. The zero-order valence-electron chi connectivity index (χ0n) is 8.86. The van der Waals surface area contributed by atoms with Gasteiger partial charge in [0.25, 0.3) is 0 Å². The molecule has 0 aliphatic carbocycles. The quantitative estimate of drug-likeness (QED) is 0.715. The standard InChI is InChI=1S/C9H14ClN3O2/c1-3-13(4-2)9(14)5-7-11-12-8(6-10)15-7/h3-6H2,1-2H3. The highest BCUT2D eigenvalue weighted by atomic mass is 35.5. The van der Waals surface area contributed by atoms with E-state index in [0.717, 1.165) is 0 Å². The molecule has 84 valence electrons. The average molecular weight is 232 g/mol. The van der Waals surface area contributed by atoms with Gasteiger partial charge in [0.15, 0.2) is 0 Å². The van der Waals surface area contributed by atoms with E-state index in [-0.39, 0.29) is 18.2 Å². The van der Waals surface area contributed by atoms with Gasteiger partial charge in [-0.2, -0.15) is 0 Å². The van der Waals surface area contributed by atoms with Crippen molar-refractivity contribution in [2.75, 3.05) is 13.1 Å². The highest BCUT2D eigenvalue weighted by Gasteiger charge is 2.14. The Bertz CT molecular complexity index is 323. The summed E-state index contributed by atoms with van der Waals surface area (Å²) in [7, 11) is 0. The van der Waals surface area contributed by atoms with Gasteiger partial charge in [-0.3, -0.25) is 4.79 Å². The van der Waals surface area contributed by atoms with E-state index in [9.17, 15) is 4.79 Å². The van der Waals surface area contributed by atoms with Gasteiger partial charge >= 0.3 is 0 Å². The van der Waals surface area contributed by atoms with Gasteiger partial charge in [-0.1, -0.05) is 0 Å². The van der Waals surface area contributed by atoms with Crippen LogP contribution in [0.2, 0.25) is 0 Å². The Morgan fingerprint density at radius 2 is 1.93 bits per heavy atom. The fourth-order valence-electron chi connectivity index (χ4n) is 1.23. The second kappa shape index (κ2) is 5.70. The summed E-state index contributed by atoms with van der Waals surface area (Å²) < 4.78 is 5.14. The van der Waals surface area contributed by atoms with Gasteiger partial charge in [0.05, 0.1) is 0 Å². The molecule has 0 spiro atoms. The molecule has 6 heteroatoms. The van der Waals surface area contributed by atoms with Gasteiger partial charge in [-0.15, -0.1) is 21.8 Å². The molecule has 1 rings (SSSR count). The molecule has 0 radical (unpaired) electrons. The third kappa shape index (κ3) is 3.20. The Balaban J connectivity index is 2.57. The molecular formula is C9H14ClN3O2. The second-order valence-electron chi connectivity index (χ2n) is 2.97. The van der Waals surface area contributed by atoms with Crippen LogP contribution in [-0.2, 0) is 17.1 Å². The number of rotatable bonds is 5. The SMILES string of the molecule is CCN(CC)C(=O)Cc1nnc(CCl)o1. The molecule has 1 heterocycles.